The van der Waals surface area contributed by atoms with Crippen LogP contribution in [0.15, 0.2) is 48.5 Å². The van der Waals surface area contributed by atoms with Crippen molar-refractivity contribution in [2.45, 2.75) is 32.7 Å². The SMILES string of the molecule is CCC(C)C(N)C(=O)Nc1ccc(F)c(NC(=O)Cc2ccccc2)c1.Cl. The van der Waals surface area contributed by atoms with Gasteiger partial charge in [0.15, 0.2) is 0 Å². The molecule has 0 spiro atoms. The summed E-state index contributed by atoms with van der Waals surface area (Å²) in [5, 5.41) is 5.20. The van der Waals surface area contributed by atoms with Crippen molar-refractivity contribution in [3.63, 3.8) is 0 Å². The first-order chi connectivity index (χ1) is 12.4. The topological polar surface area (TPSA) is 84.2 Å². The zero-order chi connectivity index (χ0) is 19.1. The Morgan fingerprint density at radius 1 is 1.11 bits per heavy atom. The molecule has 0 saturated carbocycles. The molecular weight excluding hydrogens is 369 g/mol. The molecule has 0 radical (unpaired) electrons. The van der Waals surface area contributed by atoms with Crippen LogP contribution in [0.1, 0.15) is 25.8 Å². The van der Waals surface area contributed by atoms with Gasteiger partial charge in [0.05, 0.1) is 18.2 Å². The first kappa shape index (κ1) is 22.6. The smallest absolute Gasteiger partial charge is 0.241 e. The lowest BCUT2D eigenvalue weighted by molar-refractivity contribution is -0.118. The Morgan fingerprint density at radius 2 is 1.78 bits per heavy atom. The molecule has 2 aromatic carbocycles. The second kappa shape index (κ2) is 10.6. The highest BCUT2D eigenvalue weighted by molar-refractivity contribution is 5.97. The Kier molecular flexibility index (Phi) is 8.91. The van der Waals surface area contributed by atoms with Gasteiger partial charge in [-0.05, 0) is 29.7 Å². The Morgan fingerprint density at radius 3 is 2.41 bits per heavy atom. The average molecular weight is 394 g/mol. The van der Waals surface area contributed by atoms with Gasteiger partial charge < -0.3 is 16.4 Å². The number of anilines is 2. The number of halogens is 2. The van der Waals surface area contributed by atoms with Gasteiger partial charge in [-0.25, -0.2) is 4.39 Å². The number of benzene rings is 2. The molecule has 0 aliphatic carbocycles. The minimum absolute atomic E-state index is 0. The number of carbonyl (C=O) groups excluding carboxylic acids is 2. The van der Waals surface area contributed by atoms with Crippen LogP contribution in [0.3, 0.4) is 0 Å². The second-order valence-electron chi connectivity index (χ2n) is 6.31. The van der Waals surface area contributed by atoms with Gasteiger partial charge in [-0.2, -0.15) is 0 Å². The number of carbonyl (C=O) groups is 2. The van der Waals surface area contributed by atoms with E-state index in [4.69, 9.17) is 5.73 Å². The lowest BCUT2D eigenvalue weighted by atomic mass is 9.99. The van der Waals surface area contributed by atoms with E-state index in [0.29, 0.717) is 5.69 Å². The molecule has 146 valence electrons. The van der Waals surface area contributed by atoms with Crippen molar-refractivity contribution in [3.05, 3.63) is 59.9 Å². The van der Waals surface area contributed by atoms with Crippen LogP contribution in [0.5, 0.6) is 0 Å². The van der Waals surface area contributed by atoms with Gasteiger partial charge in [-0.3, -0.25) is 9.59 Å². The van der Waals surface area contributed by atoms with Gasteiger partial charge in [-0.15, -0.1) is 12.4 Å². The Labute approximate surface area is 164 Å². The maximum absolute atomic E-state index is 14.0. The normalized spacial score (nSPS) is 12.4. The summed E-state index contributed by atoms with van der Waals surface area (Å²) < 4.78 is 14.0. The monoisotopic (exact) mass is 393 g/mol. The van der Waals surface area contributed by atoms with Gasteiger partial charge >= 0.3 is 0 Å². The molecule has 4 N–H and O–H groups in total. The van der Waals surface area contributed by atoms with Gasteiger partial charge in [0, 0.05) is 5.69 Å². The summed E-state index contributed by atoms with van der Waals surface area (Å²) in [5.41, 5.74) is 7.12. The molecule has 2 atom stereocenters. The summed E-state index contributed by atoms with van der Waals surface area (Å²) in [5.74, 6) is -1.22. The van der Waals surface area contributed by atoms with Crippen molar-refractivity contribution in [3.8, 4) is 0 Å². The Hall–Kier alpha value is -2.44. The highest BCUT2D eigenvalue weighted by Crippen LogP contribution is 2.20. The van der Waals surface area contributed by atoms with Crippen molar-refractivity contribution >= 4 is 35.6 Å². The number of rotatable bonds is 7. The minimum atomic E-state index is -0.652. The number of hydrogen-bond acceptors (Lipinski definition) is 3. The molecular formula is C20H25ClFN3O2. The largest absolute Gasteiger partial charge is 0.325 e. The van der Waals surface area contributed by atoms with Crippen molar-refractivity contribution in [2.75, 3.05) is 10.6 Å². The summed E-state index contributed by atoms with van der Waals surface area (Å²) in [6, 6.07) is 12.5. The molecule has 0 saturated heterocycles. The van der Waals surface area contributed by atoms with Crippen molar-refractivity contribution in [1.82, 2.24) is 0 Å². The highest BCUT2D eigenvalue weighted by atomic mass is 35.5. The lowest BCUT2D eigenvalue weighted by Crippen LogP contribution is -2.40. The summed E-state index contributed by atoms with van der Waals surface area (Å²) in [6.45, 7) is 3.85. The summed E-state index contributed by atoms with van der Waals surface area (Å²) in [7, 11) is 0. The predicted octanol–water partition coefficient (Wildman–Crippen LogP) is 3.74. The van der Waals surface area contributed by atoms with E-state index < -0.39 is 11.9 Å². The average Bonchev–Trinajstić information content (AvgIpc) is 2.63. The van der Waals surface area contributed by atoms with Gasteiger partial charge in [-0.1, -0.05) is 50.6 Å². The molecule has 0 aliphatic heterocycles. The van der Waals surface area contributed by atoms with E-state index in [1.165, 1.54) is 18.2 Å². The third-order valence-electron chi connectivity index (χ3n) is 4.28. The molecule has 0 fully saturated rings. The van der Waals surface area contributed by atoms with Crippen LogP contribution in [0.4, 0.5) is 15.8 Å². The Balaban J connectivity index is 0.00000364. The van der Waals surface area contributed by atoms with Gasteiger partial charge in [0.2, 0.25) is 11.8 Å². The molecule has 5 nitrogen and oxygen atoms in total. The number of nitrogens with one attached hydrogen (secondary N) is 2. The predicted molar refractivity (Wildman–Crippen MR) is 108 cm³/mol. The minimum Gasteiger partial charge on any atom is -0.325 e. The molecule has 2 rings (SSSR count). The Bertz CT molecular complexity index is 771. The molecule has 0 bridgehead atoms. The molecule has 0 aromatic heterocycles. The maximum Gasteiger partial charge on any atom is 0.241 e. The van der Waals surface area contributed by atoms with E-state index in [-0.39, 0.29) is 42.2 Å². The zero-order valence-electron chi connectivity index (χ0n) is 15.4. The van der Waals surface area contributed by atoms with Crippen LogP contribution >= 0.6 is 12.4 Å². The fourth-order valence-electron chi connectivity index (χ4n) is 2.41. The standard InChI is InChI=1S/C20H24FN3O2.ClH/c1-3-13(2)19(22)20(26)23-15-9-10-16(21)17(12-15)24-18(25)11-14-7-5-4-6-8-14;/h4-10,12-13,19H,3,11,22H2,1-2H3,(H,23,26)(H,24,25);1H. The van der Waals surface area contributed by atoms with Crippen LogP contribution in [0.25, 0.3) is 0 Å². The number of amides is 2. The molecule has 2 unspecified atom stereocenters. The van der Waals surface area contributed by atoms with E-state index in [9.17, 15) is 14.0 Å². The third-order valence-corrected chi connectivity index (χ3v) is 4.28. The van der Waals surface area contributed by atoms with Crippen molar-refractivity contribution in [1.29, 1.82) is 0 Å². The van der Waals surface area contributed by atoms with Crippen molar-refractivity contribution < 1.29 is 14.0 Å². The van der Waals surface area contributed by atoms with Crippen LogP contribution < -0.4 is 16.4 Å². The fraction of sp³-hybridized carbons (Fsp3) is 0.300. The van der Waals surface area contributed by atoms with E-state index in [2.05, 4.69) is 10.6 Å². The third kappa shape index (κ3) is 6.66. The first-order valence-electron chi connectivity index (χ1n) is 8.60. The van der Waals surface area contributed by atoms with E-state index >= 15 is 0 Å². The summed E-state index contributed by atoms with van der Waals surface area (Å²) in [6.07, 6.45) is 0.911. The highest BCUT2D eigenvalue weighted by Gasteiger charge is 2.20. The summed E-state index contributed by atoms with van der Waals surface area (Å²) in [4.78, 5) is 24.3. The van der Waals surface area contributed by atoms with Gasteiger partial charge in [0.25, 0.3) is 0 Å². The fourth-order valence-corrected chi connectivity index (χ4v) is 2.41. The van der Waals surface area contributed by atoms with Crippen LogP contribution in [0.2, 0.25) is 0 Å². The maximum atomic E-state index is 14.0. The van der Waals surface area contributed by atoms with E-state index in [1.807, 2.05) is 44.2 Å². The molecule has 7 heteroatoms. The summed E-state index contributed by atoms with van der Waals surface area (Å²) >= 11 is 0. The number of nitrogens with two attached hydrogens (primary N) is 1. The molecule has 27 heavy (non-hydrogen) atoms. The molecule has 0 aliphatic rings. The molecule has 0 heterocycles. The van der Waals surface area contributed by atoms with Crippen LogP contribution in [-0.2, 0) is 16.0 Å². The van der Waals surface area contributed by atoms with E-state index in [0.717, 1.165) is 12.0 Å². The van der Waals surface area contributed by atoms with E-state index in [1.54, 1.807) is 0 Å². The quantitative estimate of drug-likeness (QED) is 0.669. The molecule has 2 aromatic rings. The first-order valence-corrected chi connectivity index (χ1v) is 8.60. The van der Waals surface area contributed by atoms with Crippen LogP contribution in [-0.4, -0.2) is 17.9 Å². The lowest BCUT2D eigenvalue weighted by Gasteiger charge is -2.18. The second-order valence-corrected chi connectivity index (χ2v) is 6.31. The zero-order valence-corrected chi connectivity index (χ0v) is 16.2. The van der Waals surface area contributed by atoms with Gasteiger partial charge in [0.1, 0.15) is 5.82 Å². The van der Waals surface area contributed by atoms with Crippen molar-refractivity contribution in [2.24, 2.45) is 11.7 Å². The van der Waals surface area contributed by atoms with Crippen LogP contribution in [0, 0.1) is 11.7 Å². The molecule has 2 amide bonds. The number of hydrogen-bond donors (Lipinski definition) is 3.